The lowest BCUT2D eigenvalue weighted by molar-refractivity contribution is -0.133. The molecule has 3 aliphatic rings. The molecule has 4 atom stereocenters. The highest BCUT2D eigenvalue weighted by Gasteiger charge is 2.65. The van der Waals surface area contributed by atoms with Gasteiger partial charge in [0, 0.05) is 25.6 Å². The van der Waals surface area contributed by atoms with E-state index in [0.29, 0.717) is 6.61 Å². The lowest BCUT2D eigenvalue weighted by atomic mass is 9.98. The second kappa shape index (κ2) is 6.19. The minimum atomic E-state index is -0.528. The highest BCUT2D eigenvalue weighted by Crippen LogP contribution is 2.52. The van der Waals surface area contributed by atoms with Crippen molar-refractivity contribution in [3.8, 4) is 0 Å². The fourth-order valence-corrected chi connectivity index (χ4v) is 5.61. The van der Waals surface area contributed by atoms with Crippen LogP contribution >= 0.6 is 15.9 Å². The number of fused-ring (bicyclic) bond motifs is 3. The Balaban J connectivity index is 1.38. The zero-order valence-corrected chi connectivity index (χ0v) is 16.0. The molecule has 26 heavy (non-hydrogen) atoms. The van der Waals surface area contributed by atoms with Gasteiger partial charge in [0.05, 0.1) is 12.6 Å². The summed E-state index contributed by atoms with van der Waals surface area (Å²) >= 11 is 3.83. The number of benzene rings is 2. The first kappa shape index (κ1) is 16.5. The number of halogens is 1. The molecule has 0 spiro atoms. The van der Waals surface area contributed by atoms with Gasteiger partial charge in [0.15, 0.2) is 0 Å². The van der Waals surface area contributed by atoms with Gasteiger partial charge in [-0.2, -0.15) is 0 Å². The van der Waals surface area contributed by atoms with Crippen LogP contribution in [0.2, 0.25) is 0 Å². The molecule has 5 heteroatoms. The predicted octanol–water partition coefficient (Wildman–Crippen LogP) is 3.19. The van der Waals surface area contributed by atoms with Gasteiger partial charge in [-0.05, 0) is 11.1 Å². The van der Waals surface area contributed by atoms with E-state index in [4.69, 9.17) is 4.74 Å². The molecular weight excluding hydrogens is 392 g/mol. The number of alkyl halides is 1. The van der Waals surface area contributed by atoms with Crippen molar-refractivity contribution in [2.75, 3.05) is 19.7 Å². The lowest BCUT2D eigenvalue weighted by Crippen LogP contribution is -2.41. The normalized spacial score (nSPS) is 33.5. The van der Waals surface area contributed by atoms with Gasteiger partial charge >= 0.3 is 0 Å². The van der Waals surface area contributed by atoms with Gasteiger partial charge in [0.2, 0.25) is 5.91 Å². The Morgan fingerprint density at radius 2 is 1.77 bits per heavy atom. The Bertz CT molecular complexity index is 815. The molecule has 0 aromatic heterocycles. The van der Waals surface area contributed by atoms with E-state index >= 15 is 0 Å². The first-order valence-corrected chi connectivity index (χ1v) is 9.90. The topological polar surface area (TPSA) is 32.8 Å². The van der Waals surface area contributed by atoms with Crippen molar-refractivity contribution in [2.24, 2.45) is 5.92 Å². The fourth-order valence-electron chi connectivity index (χ4n) is 4.68. The zero-order valence-electron chi connectivity index (χ0n) is 14.4. The van der Waals surface area contributed by atoms with Crippen LogP contribution in [-0.2, 0) is 16.1 Å². The van der Waals surface area contributed by atoms with Crippen molar-refractivity contribution in [3.05, 3.63) is 71.8 Å². The number of likely N-dealkylation sites (tertiary alicyclic amines) is 1. The maximum Gasteiger partial charge on any atom is 0.243 e. The SMILES string of the molecule is O=C1N2[C@@H](c3ccccc3)CO[C@@H]2[C@H]2CN(Cc3ccccc3)C[C@@]12Br. The minimum absolute atomic E-state index is 0.0244. The number of amides is 1. The van der Waals surface area contributed by atoms with Crippen LogP contribution in [0.5, 0.6) is 0 Å². The maximum atomic E-state index is 13.3. The van der Waals surface area contributed by atoms with Gasteiger partial charge in [-0.15, -0.1) is 0 Å². The quantitative estimate of drug-likeness (QED) is 0.725. The van der Waals surface area contributed by atoms with E-state index in [1.807, 2.05) is 29.2 Å². The van der Waals surface area contributed by atoms with Crippen LogP contribution in [0, 0.1) is 5.92 Å². The van der Waals surface area contributed by atoms with Crippen LogP contribution in [0.4, 0.5) is 0 Å². The monoisotopic (exact) mass is 412 g/mol. The number of rotatable bonds is 3. The van der Waals surface area contributed by atoms with E-state index in [2.05, 4.69) is 57.2 Å². The number of hydrogen-bond acceptors (Lipinski definition) is 3. The van der Waals surface area contributed by atoms with Gasteiger partial charge in [0.1, 0.15) is 10.6 Å². The predicted molar refractivity (Wildman–Crippen MR) is 103 cm³/mol. The Morgan fingerprint density at radius 1 is 1.08 bits per heavy atom. The summed E-state index contributed by atoms with van der Waals surface area (Å²) in [6.45, 7) is 3.04. The summed E-state index contributed by atoms with van der Waals surface area (Å²) in [4.78, 5) is 17.7. The Hall–Kier alpha value is -1.69. The second-order valence-corrected chi connectivity index (χ2v) is 8.90. The van der Waals surface area contributed by atoms with E-state index in [-0.39, 0.29) is 24.1 Å². The van der Waals surface area contributed by atoms with Gasteiger partial charge in [-0.1, -0.05) is 76.6 Å². The van der Waals surface area contributed by atoms with Crippen LogP contribution < -0.4 is 0 Å². The van der Waals surface area contributed by atoms with Crippen molar-refractivity contribution < 1.29 is 9.53 Å². The molecule has 0 aliphatic carbocycles. The van der Waals surface area contributed by atoms with Crippen molar-refractivity contribution >= 4 is 21.8 Å². The molecule has 2 aromatic carbocycles. The van der Waals surface area contributed by atoms with Crippen molar-refractivity contribution in [3.63, 3.8) is 0 Å². The average molecular weight is 413 g/mol. The summed E-state index contributed by atoms with van der Waals surface area (Å²) in [5.74, 6) is 0.335. The Labute approximate surface area is 161 Å². The largest absolute Gasteiger partial charge is 0.355 e. The molecule has 3 saturated heterocycles. The van der Waals surface area contributed by atoms with E-state index in [0.717, 1.165) is 25.2 Å². The summed E-state index contributed by atoms with van der Waals surface area (Å²) in [6, 6.07) is 20.7. The molecule has 0 saturated carbocycles. The van der Waals surface area contributed by atoms with Crippen molar-refractivity contribution in [1.82, 2.24) is 9.80 Å². The van der Waals surface area contributed by atoms with Crippen molar-refractivity contribution in [2.45, 2.75) is 23.1 Å². The van der Waals surface area contributed by atoms with Crippen molar-refractivity contribution in [1.29, 1.82) is 0 Å². The third-order valence-corrected chi connectivity index (χ3v) is 7.08. The van der Waals surface area contributed by atoms with Gasteiger partial charge in [-0.25, -0.2) is 0 Å². The highest BCUT2D eigenvalue weighted by atomic mass is 79.9. The summed E-state index contributed by atoms with van der Waals surface area (Å²) in [5, 5.41) is 0. The molecule has 2 aromatic rings. The molecule has 3 heterocycles. The third kappa shape index (κ3) is 2.45. The van der Waals surface area contributed by atoms with Crippen LogP contribution in [0.25, 0.3) is 0 Å². The van der Waals surface area contributed by atoms with E-state index in [1.165, 1.54) is 5.56 Å². The molecule has 4 nitrogen and oxygen atoms in total. The first-order valence-electron chi connectivity index (χ1n) is 9.11. The van der Waals surface area contributed by atoms with Gasteiger partial charge in [-0.3, -0.25) is 9.69 Å². The summed E-state index contributed by atoms with van der Waals surface area (Å²) < 4.78 is 5.61. The standard InChI is InChI=1S/C21H21BrN2O2/c22-21-14-23(11-15-7-3-1-4-8-15)12-17(21)19-24(20(21)25)18(13-26-19)16-9-5-2-6-10-16/h1-10,17-19H,11-14H2/t17-,18-,19-,21+/m1/s1. The zero-order chi connectivity index (χ0) is 17.7. The minimum Gasteiger partial charge on any atom is -0.355 e. The molecule has 1 amide bonds. The van der Waals surface area contributed by atoms with Crippen LogP contribution in [0.15, 0.2) is 60.7 Å². The number of nitrogens with zero attached hydrogens (tertiary/aromatic N) is 2. The molecule has 5 rings (SSSR count). The Morgan fingerprint density at radius 3 is 2.50 bits per heavy atom. The van der Waals surface area contributed by atoms with E-state index in [1.54, 1.807) is 0 Å². The molecule has 0 unspecified atom stereocenters. The fraction of sp³-hybridized carbons (Fsp3) is 0.381. The van der Waals surface area contributed by atoms with E-state index in [9.17, 15) is 4.79 Å². The van der Waals surface area contributed by atoms with Gasteiger partial charge in [0.25, 0.3) is 0 Å². The highest BCUT2D eigenvalue weighted by molar-refractivity contribution is 9.10. The first-order chi connectivity index (χ1) is 12.7. The molecule has 0 N–H and O–H groups in total. The summed E-state index contributed by atoms with van der Waals surface area (Å²) in [5.41, 5.74) is 2.43. The summed E-state index contributed by atoms with van der Waals surface area (Å²) in [7, 11) is 0. The second-order valence-electron chi connectivity index (χ2n) is 7.49. The molecule has 0 bridgehead atoms. The summed E-state index contributed by atoms with van der Waals surface area (Å²) in [6.07, 6.45) is -0.132. The number of hydrogen-bond donors (Lipinski definition) is 0. The molecule has 0 radical (unpaired) electrons. The Kier molecular flexibility index (Phi) is 3.92. The van der Waals surface area contributed by atoms with Crippen LogP contribution in [0.1, 0.15) is 17.2 Å². The maximum absolute atomic E-state index is 13.3. The van der Waals surface area contributed by atoms with Gasteiger partial charge < -0.3 is 9.64 Å². The number of carbonyl (C=O) groups is 1. The van der Waals surface area contributed by atoms with Crippen LogP contribution in [0.3, 0.4) is 0 Å². The third-order valence-electron chi connectivity index (χ3n) is 5.90. The van der Waals surface area contributed by atoms with Crippen LogP contribution in [-0.4, -0.2) is 46.0 Å². The molecular formula is C21H21BrN2O2. The molecule has 3 aliphatic heterocycles. The average Bonchev–Trinajstić information content (AvgIpc) is 3.28. The number of carbonyl (C=O) groups excluding carboxylic acids is 1. The number of ether oxygens (including phenoxy) is 1. The molecule has 134 valence electrons. The van der Waals surface area contributed by atoms with E-state index < -0.39 is 4.32 Å². The lowest BCUT2D eigenvalue weighted by Gasteiger charge is -2.27. The smallest absolute Gasteiger partial charge is 0.243 e. The molecule has 3 fully saturated rings.